The number of rotatable bonds is 7. The molecule has 2 N–H and O–H groups in total. The van der Waals surface area contributed by atoms with Gasteiger partial charge in [0.25, 0.3) is 11.8 Å². The summed E-state index contributed by atoms with van der Waals surface area (Å²) in [5.74, 6) is -0.130. The number of furan rings is 1. The number of amides is 2. The lowest BCUT2D eigenvalue weighted by Crippen LogP contribution is -2.35. The number of nitrogens with zero attached hydrogens (tertiary/aromatic N) is 1. The number of benzene rings is 3. The fourth-order valence-electron chi connectivity index (χ4n) is 5.26. The van der Waals surface area contributed by atoms with Crippen LogP contribution in [0.25, 0.3) is 33.4 Å². The summed E-state index contributed by atoms with van der Waals surface area (Å²) in [6.07, 6.45) is 3.35. The lowest BCUT2D eigenvalue weighted by atomic mass is 9.95. The summed E-state index contributed by atoms with van der Waals surface area (Å²) in [5, 5.41) is 6.47. The maximum Gasteiger partial charge on any atom is 0.255 e. The molecule has 7 nitrogen and oxygen atoms in total. The zero-order valence-corrected chi connectivity index (χ0v) is 22.9. The van der Waals surface area contributed by atoms with Crippen LogP contribution in [0.15, 0.2) is 83.4 Å². The third-order valence-electron chi connectivity index (χ3n) is 7.61. The maximum atomic E-state index is 13.6. The molecule has 0 unspecified atom stereocenters. The predicted octanol–water partition coefficient (Wildman–Crippen LogP) is 6.40. The first-order valence-corrected chi connectivity index (χ1v) is 13.3. The summed E-state index contributed by atoms with van der Waals surface area (Å²) >= 11 is 0. The van der Waals surface area contributed by atoms with Crippen LogP contribution < -0.4 is 15.4 Å². The molecule has 0 spiro atoms. The fourth-order valence-corrected chi connectivity index (χ4v) is 5.26. The number of fused-ring (bicyclic) bond motifs is 1. The molecule has 0 bridgehead atoms. The highest BCUT2D eigenvalue weighted by Gasteiger charge is 2.47. The van der Waals surface area contributed by atoms with E-state index in [0.29, 0.717) is 39.2 Å². The van der Waals surface area contributed by atoms with Crippen LogP contribution in [0.1, 0.15) is 44.8 Å². The van der Waals surface area contributed by atoms with Crippen molar-refractivity contribution in [3.8, 4) is 28.2 Å². The van der Waals surface area contributed by atoms with Gasteiger partial charge >= 0.3 is 0 Å². The molecule has 0 saturated heterocycles. The van der Waals surface area contributed by atoms with Crippen molar-refractivity contribution in [3.63, 3.8) is 0 Å². The number of nitrogens with one attached hydrogen (secondary N) is 2. The van der Waals surface area contributed by atoms with Gasteiger partial charge in [-0.15, -0.1) is 0 Å². The standard InChI is InChI=1S/C33H28FN3O4/c1-19-16-27(40-3)25(31(38)37-33(13-14-33)28-6-4-5-15-36-28)18-23(19)21-9-12-26-24(17-21)29(32(39)35-2)30(41-26)20-7-10-22(34)11-8-20/h4-12,15-18H,13-14H2,1-3H3,(H,35,39)(H,37,38). The van der Waals surface area contributed by atoms with Crippen LogP contribution in [-0.2, 0) is 5.54 Å². The first kappa shape index (κ1) is 26.3. The SMILES string of the molecule is CNC(=O)c1c(-c2ccc(F)cc2)oc2ccc(-c3cc(C(=O)NC4(c5ccccn5)CC4)c(OC)cc3C)cc12. The summed E-state index contributed by atoms with van der Waals surface area (Å²) in [6, 6.07) is 20.7. The van der Waals surface area contributed by atoms with Crippen molar-refractivity contribution in [2.45, 2.75) is 25.3 Å². The normalized spacial score (nSPS) is 13.6. The molecule has 1 fully saturated rings. The van der Waals surface area contributed by atoms with Gasteiger partial charge < -0.3 is 19.8 Å². The molecule has 6 rings (SSSR count). The Kier molecular flexibility index (Phi) is 6.53. The minimum atomic E-state index is -0.483. The monoisotopic (exact) mass is 549 g/mol. The van der Waals surface area contributed by atoms with Crippen LogP contribution in [-0.4, -0.2) is 31.0 Å². The Morgan fingerprint density at radius 3 is 2.39 bits per heavy atom. The number of hydrogen-bond donors (Lipinski definition) is 2. The lowest BCUT2D eigenvalue weighted by molar-refractivity contribution is 0.0925. The summed E-state index contributed by atoms with van der Waals surface area (Å²) in [4.78, 5) is 31.1. The molecule has 3 aromatic carbocycles. The molecule has 5 aromatic rings. The number of halogens is 1. The van der Waals surface area contributed by atoms with E-state index in [1.54, 1.807) is 38.6 Å². The summed E-state index contributed by atoms with van der Waals surface area (Å²) < 4.78 is 25.3. The van der Waals surface area contributed by atoms with E-state index < -0.39 is 5.54 Å². The van der Waals surface area contributed by atoms with Crippen molar-refractivity contribution in [3.05, 3.63) is 107 Å². The van der Waals surface area contributed by atoms with E-state index in [1.807, 2.05) is 49.4 Å². The van der Waals surface area contributed by atoms with Crippen LogP contribution in [0.5, 0.6) is 5.75 Å². The topological polar surface area (TPSA) is 93.5 Å². The maximum absolute atomic E-state index is 13.6. The van der Waals surface area contributed by atoms with Gasteiger partial charge in [0.15, 0.2) is 0 Å². The molecule has 0 radical (unpaired) electrons. The molecule has 1 saturated carbocycles. The largest absolute Gasteiger partial charge is 0.496 e. The Morgan fingerprint density at radius 1 is 0.976 bits per heavy atom. The van der Waals surface area contributed by atoms with Crippen molar-refractivity contribution in [1.29, 1.82) is 0 Å². The molecule has 2 amide bonds. The zero-order valence-electron chi connectivity index (χ0n) is 22.9. The molecule has 41 heavy (non-hydrogen) atoms. The van der Waals surface area contributed by atoms with Crippen molar-refractivity contribution < 1.29 is 23.1 Å². The van der Waals surface area contributed by atoms with Gasteiger partial charge in [0.1, 0.15) is 22.9 Å². The van der Waals surface area contributed by atoms with Crippen LogP contribution in [0.2, 0.25) is 0 Å². The summed E-state index contributed by atoms with van der Waals surface area (Å²) in [6.45, 7) is 1.94. The Hall–Kier alpha value is -4.98. The number of methoxy groups -OCH3 is 1. The minimum absolute atomic E-state index is 0.250. The number of hydrogen-bond acceptors (Lipinski definition) is 5. The van der Waals surface area contributed by atoms with Crippen LogP contribution in [0.4, 0.5) is 4.39 Å². The van der Waals surface area contributed by atoms with E-state index in [4.69, 9.17) is 9.15 Å². The number of pyridine rings is 1. The number of aryl methyl sites for hydroxylation is 1. The third kappa shape index (κ3) is 4.71. The van der Waals surface area contributed by atoms with Gasteiger partial charge in [-0.2, -0.15) is 0 Å². The van der Waals surface area contributed by atoms with Gasteiger partial charge in [-0.25, -0.2) is 4.39 Å². The van der Waals surface area contributed by atoms with Crippen LogP contribution >= 0.6 is 0 Å². The summed E-state index contributed by atoms with van der Waals surface area (Å²) in [7, 11) is 3.09. The van der Waals surface area contributed by atoms with Gasteiger partial charge in [-0.3, -0.25) is 14.6 Å². The van der Waals surface area contributed by atoms with E-state index in [-0.39, 0.29) is 17.6 Å². The first-order valence-electron chi connectivity index (χ1n) is 13.3. The molecule has 0 atom stereocenters. The van der Waals surface area contributed by atoms with Crippen molar-refractivity contribution in [1.82, 2.24) is 15.6 Å². The molecule has 2 aromatic heterocycles. The van der Waals surface area contributed by atoms with Gasteiger partial charge in [-0.1, -0.05) is 12.1 Å². The highest BCUT2D eigenvalue weighted by atomic mass is 19.1. The molecular weight excluding hydrogens is 521 g/mol. The zero-order chi connectivity index (χ0) is 28.7. The molecule has 0 aliphatic heterocycles. The van der Waals surface area contributed by atoms with Crippen molar-refractivity contribution in [2.75, 3.05) is 14.2 Å². The Labute approximate surface area is 236 Å². The average molecular weight is 550 g/mol. The molecular formula is C33H28FN3O4. The van der Waals surface area contributed by atoms with Crippen molar-refractivity contribution in [2.24, 2.45) is 0 Å². The highest BCUT2D eigenvalue weighted by molar-refractivity contribution is 6.12. The van der Waals surface area contributed by atoms with Crippen molar-refractivity contribution >= 4 is 22.8 Å². The van der Waals surface area contributed by atoms with Gasteiger partial charge in [-0.05, 0) is 97.1 Å². The van der Waals surface area contributed by atoms with E-state index in [9.17, 15) is 14.0 Å². The Morgan fingerprint density at radius 2 is 1.73 bits per heavy atom. The molecule has 2 heterocycles. The molecule has 8 heteroatoms. The second kappa shape index (κ2) is 10.2. The Balaban J connectivity index is 1.43. The number of carbonyl (C=O) groups excluding carboxylic acids is 2. The van der Waals surface area contributed by atoms with Gasteiger partial charge in [0, 0.05) is 24.2 Å². The third-order valence-corrected chi connectivity index (χ3v) is 7.61. The van der Waals surface area contributed by atoms with Gasteiger partial charge in [0.05, 0.1) is 29.5 Å². The summed E-state index contributed by atoms with van der Waals surface area (Å²) in [5.41, 5.74) is 4.72. The van der Waals surface area contributed by atoms with E-state index >= 15 is 0 Å². The number of carbonyl (C=O) groups is 2. The van der Waals surface area contributed by atoms with Gasteiger partial charge in [0.2, 0.25) is 0 Å². The quantitative estimate of drug-likeness (QED) is 0.245. The first-order chi connectivity index (χ1) is 19.8. The lowest BCUT2D eigenvalue weighted by Gasteiger charge is -2.19. The minimum Gasteiger partial charge on any atom is -0.496 e. The van der Waals surface area contributed by atoms with E-state index in [0.717, 1.165) is 35.2 Å². The smallest absolute Gasteiger partial charge is 0.255 e. The number of ether oxygens (including phenoxy) is 1. The van der Waals surface area contributed by atoms with Crippen LogP contribution in [0.3, 0.4) is 0 Å². The molecule has 1 aliphatic carbocycles. The molecule has 206 valence electrons. The second-order valence-electron chi connectivity index (χ2n) is 10.2. The highest BCUT2D eigenvalue weighted by Crippen LogP contribution is 2.45. The Bertz CT molecular complexity index is 1790. The second-order valence-corrected chi connectivity index (χ2v) is 10.2. The number of aromatic nitrogens is 1. The van der Waals surface area contributed by atoms with E-state index in [1.165, 1.54) is 12.1 Å². The average Bonchev–Trinajstić information content (AvgIpc) is 3.68. The fraction of sp³-hybridized carbons (Fsp3) is 0.182. The van der Waals surface area contributed by atoms with E-state index in [2.05, 4.69) is 15.6 Å². The molecule has 1 aliphatic rings. The predicted molar refractivity (Wildman–Crippen MR) is 154 cm³/mol. The van der Waals surface area contributed by atoms with Crippen LogP contribution in [0, 0.1) is 12.7 Å².